The molecule has 86 valence electrons. The van der Waals surface area contributed by atoms with Crippen LogP contribution in [-0.2, 0) is 6.54 Å². The minimum Gasteiger partial charge on any atom is -0.329 e. The van der Waals surface area contributed by atoms with Gasteiger partial charge in [0.2, 0.25) is 0 Å². The molecule has 0 saturated carbocycles. The number of hydrogen-bond acceptors (Lipinski definition) is 3. The number of likely N-dealkylation sites (tertiary alicyclic amines) is 1. The van der Waals surface area contributed by atoms with Gasteiger partial charge in [-0.1, -0.05) is 0 Å². The Morgan fingerprint density at radius 2 is 2.47 bits per heavy atom. The van der Waals surface area contributed by atoms with Gasteiger partial charge in [-0.2, -0.15) is 5.10 Å². The van der Waals surface area contributed by atoms with Gasteiger partial charge in [-0.25, -0.2) is 4.39 Å². The van der Waals surface area contributed by atoms with Crippen molar-refractivity contribution in [3.63, 3.8) is 0 Å². The van der Waals surface area contributed by atoms with Gasteiger partial charge in [-0.05, 0) is 12.5 Å². The lowest BCUT2D eigenvalue weighted by Crippen LogP contribution is -2.35. The molecule has 3 N–H and O–H groups in total. The van der Waals surface area contributed by atoms with Gasteiger partial charge in [-0.3, -0.25) is 10.00 Å². The molecule has 1 aliphatic rings. The maximum atomic E-state index is 13.1. The zero-order valence-electron chi connectivity index (χ0n) is 8.40. The van der Waals surface area contributed by atoms with Crippen molar-refractivity contribution in [2.45, 2.75) is 25.2 Å². The number of alkyl halides is 1. The fourth-order valence-corrected chi connectivity index (χ4v) is 1.95. The largest absolute Gasteiger partial charge is 0.329 e. The van der Waals surface area contributed by atoms with Gasteiger partial charge in [0, 0.05) is 37.6 Å². The van der Waals surface area contributed by atoms with Gasteiger partial charge >= 0.3 is 0 Å². The fourth-order valence-electron chi connectivity index (χ4n) is 1.95. The van der Waals surface area contributed by atoms with Crippen molar-refractivity contribution >= 4 is 12.4 Å². The lowest BCUT2D eigenvalue weighted by molar-refractivity contribution is 0.236. The van der Waals surface area contributed by atoms with E-state index >= 15 is 0 Å². The summed E-state index contributed by atoms with van der Waals surface area (Å²) in [7, 11) is 0. The van der Waals surface area contributed by atoms with Crippen LogP contribution in [0.4, 0.5) is 4.39 Å². The van der Waals surface area contributed by atoms with Crippen LogP contribution < -0.4 is 5.73 Å². The molecule has 1 aliphatic heterocycles. The molecule has 1 aromatic rings. The Morgan fingerprint density at radius 3 is 3.07 bits per heavy atom. The number of nitrogens with two attached hydrogens (primary N) is 1. The molecule has 0 unspecified atom stereocenters. The Bertz CT molecular complexity index is 280. The first-order chi connectivity index (χ1) is 6.79. The first-order valence-corrected chi connectivity index (χ1v) is 4.86. The van der Waals surface area contributed by atoms with Crippen LogP contribution in [0, 0.1) is 0 Å². The van der Waals surface area contributed by atoms with E-state index in [1.807, 2.05) is 6.07 Å². The molecule has 15 heavy (non-hydrogen) atoms. The molecule has 4 nitrogen and oxygen atoms in total. The Kier molecular flexibility index (Phi) is 4.50. The summed E-state index contributed by atoms with van der Waals surface area (Å²) in [5.41, 5.74) is 6.59. The molecule has 1 fully saturated rings. The van der Waals surface area contributed by atoms with E-state index in [4.69, 9.17) is 5.73 Å². The number of aromatic amines is 1. The third-order valence-electron chi connectivity index (χ3n) is 2.68. The highest BCUT2D eigenvalue weighted by Crippen LogP contribution is 2.21. The number of aromatic nitrogens is 2. The van der Waals surface area contributed by atoms with E-state index in [1.54, 1.807) is 6.20 Å². The molecule has 1 saturated heterocycles. The molecule has 6 heteroatoms. The van der Waals surface area contributed by atoms with Crippen LogP contribution in [0.2, 0.25) is 0 Å². The third-order valence-corrected chi connectivity index (χ3v) is 2.68. The smallest absolute Gasteiger partial charge is 0.114 e. The number of hydrogen-bond donors (Lipinski definition) is 2. The van der Waals surface area contributed by atoms with Crippen LogP contribution in [0.1, 0.15) is 12.1 Å². The van der Waals surface area contributed by atoms with Crippen LogP contribution in [0.3, 0.4) is 0 Å². The summed E-state index contributed by atoms with van der Waals surface area (Å²) in [5, 5.41) is 6.73. The molecular formula is C9H16ClFN4. The standard InChI is InChI=1S/C9H15FN4.ClH/c10-7-3-9(4-11)14(5-7)6-8-1-2-12-13-8;/h1-2,7,9H,3-6,11H2,(H,12,13);1H/t7-,9+;/m1./s1. The summed E-state index contributed by atoms with van der Waals surface area (Å²) < 4.78 is 13.1. The number of H-pyrrole nitrogens is 1. The highest BCUT2D eigenvalue weighted by atomic mass is 35.5. The highest BCUT2D eigenvalue weighted by molar-refractivity contribution is 5.85. The molecular weight excluding hydrogens is 219 g/mol. The van der Waals surface area contributed by atoms with E-state index in [1.165, 1.54) is 0 Å². The van der Waals surface area contributed by atoms with Crippen molar-refractivity contribution in [1.82, 2.24) is 15.1 Å². The number of nitrogens with zero attached hydrogens (tertiary/aromatic N) is 2. The van der Waals surface area contributed by atoms with E-state index in [2.05, 4.69) is 15.1 Å². The summed E-state index contributed by atoms with van der Waals surface area (Å²) in [4.78, 5) is 2.07. The van der Waals surface area contributed by atoms with Crippen molar-refractivity contribution in [1.29, 1.82) is 0 Å². The van der Waals surface area contributed by atoms with Gasteiger partial charge in [-0.15, -0.1) is 12.4 Å². The predicted octanol–water partition coefficient (Wildman–Crippen LogP) is 0.703. The van der Waals surface area contributed by atoms with Crippen LogP contribution in [0.15, 0.2) is 12.3 Å². The maximum Gasteiger partial charge on any atom is 0.114 e. The van der Waals surface area contributed by atoms with Crippen molar-refractivity contribution in [2.75, 3.05) is 13.1 Å². The number of rotatable bonds is 3. The molecule has 0 amide bonds. The predicted molar refractivity (Wildman–Crippen MR) is 58.6 cm³/mol. The van der Waals surface area contributed by atoms with E-state index in [0.29, 0.717) is 26.1 Å². The summed E-state index contributed by atoms with van der Waals surface area (Å²) >= 11 is 0. The van der Waals surface area contributed by atoms with E-state index in [0.717, 1.165) is 5.69 Å². The third kappa shape index (κ3) is 2.90. The van der Waals surface area contributed by atoms with Crippen LogP contribution in [0.5, 0.6) is 0 Å². The summed E-state index contributed by atoms with van der Waals surface area (Å²) in [6, 6.07) is 2.08. The Labute approximate surface area is 94.4 Å². The molecule has 0 radical (unpaired) electrons. The average molecular weight is 235 g/mol. The molecule has 0 aromatic carbocycles. The van der Waals surface area contributed by atoms with E-state index in [9.17, 15) is 4.39 Å². The van der Waals surface area contributed by atoms with Gasteiger partial charge in [0.25, 0.3) is 0 Å². The second-order valence-corrected chi connectivity index (χ2v) is 3.73. The van der Waals surface area contributed by atoms with Crippen molar-refractivity contribution in [3.8, 4) is 0 Å². The van der Waals surface area contributed by atoms with Crippen LogP contribution >= 0.6 is 12.4 Å². The van der Waals surface area contributed by atoms with Gasteiger partial charge in [0.15, 0.2) is 0 Å². The quantitative estimate of drug-likeness (QED) is 0.810. The zero-order valence-corrected chi connectivity index (χ0v) is 9.21. The highest BCUT2D eigenvalue weighted by Gasteiger charge is 2.30. The molecule has 2 heterocycles. The summed E-state index contributed by atoms with van der Waals surface area (Å²) in [6.45, 7) is 1.72. The van der Waals surface area contributed by atoms with Crippen LogP contribution in [-0.4, -0.2) is 40.4 Å². The second kappa shape index (κ2) is 5.44. The lowest BCUT2D eigenvalue weighted by Gasteiger charge is -2.21. The number of nitrogens with one attached hydrogen (secondary N) is 1. The minimum atomic E-state index is -0.730. The monoisotopic (exact) mass is 234 g/mol. The number of halogens is 2. The average Bonchev–Trinajstić information content (AvgIpc) is 2.76. The first kappa shape index (κ1) is 12.4. The fraction of sp³-hybridized carbons (Fsp3) is 0.667. The molecule has 1 aromatic heterocycles. The Morgan fingerprint density at radius 1 is 1.67 bits per heavy atom. The van der Waals surface area contributed by atoms with E-state index < -0.39 is 6.17 Å². The summed E-state index contributed by atoms with van der Waals surface area (Å²) in [6.07, 6.45) is 1.53. The molecule has 2 atom stereocenters. The summed E-state index contributed by atoms with van der Waals surface area (Å²) in [5.74, 6) is 0. The van der Waals surface area contributed by atoms with Crippen molar-refractivity contribution in [3.05, 3.63) is 18.0 Å². The Hall–Kier alpha value is -0.650. The molecule has 0 aliphatic carbocycles. The van der Waals surface area contributed by atoms with Gasteiger partial charge in [0.05, 0.1) is 0 Å². The Balaban J connectivity index is 0.00000112. The SMILES string of the molecule is Cl.NC[C@@H]1C[C@@H](F)CN1Cc1ccn[nH]1. The van der Waals surface area contributed by atoms with Crippen molar-refractivity contribution in [2.24, 2.45) is 5.73 Å². The maximum absolute atomic E-state index is 13.1. The normalized spacial score (nSPS) is 26.5. The van der Waals surface area contributed by atoms with E-state index in [-0.39, 0.29) is 18.4 Å². The molecule has 0 spiro atoms. The van der Waals surface area contributed by atoms with Crippen LogP contribution in [0.25, 0.3) is 0 Å². The second-order valence-electron chi connectivity index (χ2n) is 3.73. The zero-order chi connectivity index (χ0) is 9.97. The molecule has 0 bridgehead atoms. The van der Waals surface area contributed by atoms with Gasteiger partial charge in [0.1, 0.15) is 6.17 Å². The minimum absolute atomic E-state index is 0. The van der Waals surface area contributed by atoms with Gasteiger partial charge < -0.3 is 5.73 Å². The van der Waals surface area contributed by atoms with Crippen molar-refractivity contribution < 1.29 is 4.39 Å². The molecule has 2 rings (SSSR count). The topological polar surface area (TPSA) is 57.9 Å². The lowest BCUT2D eigenvalue weighted by atomic mass is 10.2. The first-order valence-electron chi connectivity index (χ1n) is 4.86.